The summed E-state index contributed by atoms with van der Waals surface area (Å²) in [7, 11) is 0. The fraction of sp³-hybridized carbons (Fsp3) is 0.300. The second-order valence-corrected chi connectivity index (χ2v) is 7.80. The van der Waals surface area contributed by atoms with Crippen molar-refractivity contribution in [1.82, 2.24) is 14.3 Å². The number of pyridine rings is 1. The Morgan fingerprint density at radius 1 is 1.32 bits per heavy atom. The Balaban J connectivity index is 1.84. The molecule has 1 aliphatic rings. The van der Waals surface area contributed by atoms with Gasteiger partial charge in [0, 0.05) is 30.2 Å². The minimum atomic E-state index is -0.688. The number of fused-ring (bicyclic) bond motifs is 1. The van der Waals surface area contributed by atoms with E-state index in [1.165, 1.54) is 12.1 Å². The van der Waals surface area contributed by atoms with Crippen molar-refractivity contribution in [2.75, 3.05) is 19.7 Å². The Hall–Kier alpha value is -2.32. The van der Waals surface area contributed by atoms with Crippen LogP contribution in [0, 0.1) is 18.6 Å². The number of halogens is 3. The second-order valence-electron chi connectivity index (χ2n) is 6.88. The summed E-state index contributed by atoms with van der Waals surface area (Å²) in [5.74, 6) is -1.38. The fourth-order valence-electron chi connectivity index (χ4n) is 3.54. The lowest BCUT2D eigenvalue weighted by Gasteiger charge is -2.30. The summed E-state index contributed by atoms with van der Waals surface area (Å²) < 4.78 is 37.3. The van der Waals surface area contributed by atoms with E-state index in [9.17, 15) is 13.6 Å². The quantitative estimate of drug-likeness (QED) is 0.569. The van der Waals surface area contributed by atoms with Gasteiger partial charge in [-0.15, -0.1) is 0 Å². The highest BCUT2D eigenvalue weighted by atomic mass is 79.9. The van der Waals surface area contributed by atoms with Gasteiger partial charge in [0.25, 0.3) is 0 Å². The number of carbonyl (C=O) groups is 1. The number of amides is 1. The molecule has 1 atom stereocenters. The standard InChI is InChI=1S/C20H18BrF2N3O2/c1-12-2-3-26-17(9-14-10-25(11-27)4-5-28-14)20(24-18(26)6-12)19-15(22)7-13(21)8-16(19)23/h2-3,6-8,11,14H,4-5,9-10H2,1H3/t14-/m0/s1. The van der Waals surface area contributed by atoms with Crippen molar-refractivity contribution in [1.29, 1.82) is 0 Å². The number of nitrogens with zero attached hydrogens (tertiary/aromatic N) is 3. The summed E-state index contributed by atoms with van der Waals surface area (Å²) >= 11 is 3.11. The zero-order valence-corrected chi connectivity index (χ0v) is 16.7. The van der Waals surface area contributed by atoms with E-state index in [0.717, 1.165) is 12.0 Å². The lowest BCUT2D eigenvalue weighted by Crippen LogP contribution is -2.42. The highest BCUT2D eigenvalue weighted by Gasteiger charge is 2.26. The smallest absolute Gasteiger partial charge is 0.209 e. The highest BCUT2D eigenvalue weighted by Crippen LogP contribution is 2.32. The van der Waals surface area contributed by atoms with E-state index in [-0.39, 0.29) is 17.4 Å². The zero-order chi connectivity index (χ0) is 19.8. The summed E-state index contributed by atoms with van der Waals surface area (Å²) in [5, 5.41) is 0. The molecule has 1 aromatic carbocycles. The third-order valence-electron chi connectivity index (χ3n) is 4.86. The van der Waals surface area contributed by atoms with E-state index < -0.39 is 11.6 Å². The lowest BCUT2D eigenvalue weighted by molar-refractivity contribution is -0.125. The van der Waals surface area contributed by atoms with E-state index in [1.807, 2.05) is 29.7 Å². The van der Waals surface area contributed by atoms with Gasteiger partial charge in [0.2, 0.25) is 6.41 Å². The monoisotopic (exact) mass is 449 g/mol. The molecular weight excluding hydrogens is 432 g/mol. The molecule has 0 N–H and O–H groups in total. The molecule has 1 fully saturated rings. The molecule has 0 saturated carbocycles. The number of carbonyl (C=O) groups excluding carboxylic acids is 1. The SMILES string of the molecule is Cc1ccn2c(C[C@H]3CN(C=O)CCO3)c(-c3c(F)cc(Br)cc3F)nc2c1. The van der Waals surface area contributed by atoms with Gasteiger partial charge in [-0.3, -0.25) is 4.79 Å². The van der Waals surface area contributed by atoms with Gasteiger partial charge in [0.05, 0.1) is 29.7 Å². The van der Waals surface area contributed by atoms with Crippen LogP contribution in [0.1, 0.15) is 11.3 Å². The van der Waals surface area contributed by atoms with Gasteiger partial charge in [0.15, 0.2) is 0 Å². The Morgan fingerprint density at radius 2 is 2.07 bits per heavy atom. The van der Waals surface area contributed by atoms with E-state index in [2.05, 4.69) is 20.9 Å². The molecule has 28 heavy (non-hydrogen) atoms. The number of rotatable bonds is 4. The lowest BCUT2D eigenvalue weighted by atomic mass is 10.0. The van der Waals surface area contributed by atoms with Crippen LogP contribution in [-0.4, -0.2) is 46.5 Å². The van der Waals surface area contributed by atoms with Gasteiger partial charge in [0.1, 0.15) is 17.3 Å². The fourth-order valence-corrected chi connectivity index (χ4v) is 3.94. The van der Waals surface area contributed by atoms with Crippen LogP contribution in [0.4, 0.5) is 8.78 Å². The van der Waals surface area contributed by atoms with Crippen molar-refractivity contribution in [2.45, 2.75) is 19.4 Å². The molecule has 0 unspecified atom stereocenters. The summed E-state index contributed by atoms with van der Waals surface area (Å²) in [6.45, 7) is 3.32. The summed E-state index contributed by atoms with van der Waals surface area (Å²) in [6, 6.07) is 6.22. The van der Waals surface area contributed by atoms with Crippen molar-refractivity contribution >= 4 is 28.0 Å². The van der Waals surface area contributed by atoms with Gasteiger partial charge in [-0.05, 0) is 36.8 Å². The van der Waals surface area contributed by atoms with Crippen LogP contribution in [0.2, 0.25) is 0 Å². The first-order valence-corrected chi connectivity index (χ1v) is 9.69. The maximum Gasteiger partial charge on any atom is 0.209 e. The van der Waals surface area contributed by atoms with Crippen LogP contribution in [-0.2, 0) is 16.0 Å². The number of imidazole rings is 1. The minimum absolute atomic E-state index is 0.164. The first-order valence-electron chi connectivity index (χ1n) is 8.89. The summed E-state index contributed by atoms with van der Waals surface area (Å²) in [6.07, 6.45) is 2.73. The number of morpholine rings is 1. The normalized spacial score (nSPS) is 17.3. The van der Waals surface area contributed by atoms with Crippen molar-refractivity contribution in [3.8, 4) is 11.3 Å². The number of hydrogen-bond donors (Lipinski definition) is 0. The van der Waals surface area contributed by atoms with Crippen molar-refractivity contribution < 1.29 is 18.3 Å². The van der Waals surface area contributed by atoms with Crippen LogP contribution in [0.15, 0.2) is 34.9 Å². The van der Waals surface area contributed by atoms with Gasteiger partial charge in [-0.25, -0.2) is 13.8 Å². The number of aryl methyl sites for hydroxylation is 1. The number of ether oxygens (including phenoxy) is 1. The largest absolute Gasteiger partial charge is 0.374 e. The molecule has 0 aliphatic carbocycles. The molecule has 3 aromatic rings. The van der Waals surface area contributed by atoms with Crippen LogP contribution in [0.5, 0.6) is 0 Å². The molecule has 0 radical (unpaired) electrons. The van der Waals surface area contributed by atoms with Crippen molar-refractivity contribution in [2.24, 2.45) is 0 Å². The summed E-state index contributed by atoms with van der Waals surface area (Å²) in [4.78, 5) is 17.3. The average molecular weight is 450 g/mol. The predicted molar refractivity (Wildman–Crippen MR) is 104 cm³/mol. The third-order valence-corrected chi connectivity index (χ3v) is 5.32. The highest BCUT2D eigenvalue weighted by molar-refractivity contribution is 9.10. The molecule has 5 nitrogen and oxygen atoms in total. The summed E-state index contributed by atoms with van der Waals surface area (Å²) in [5.41, 5.74) is 2.33. The Kier molecular flexibility index (Phi) is 5.16. The van der Waals surface area contributed by atoms with Crippen LogP contribution < -0.4 is 0 Å². The molecule has 3 heterocycles. The molecule has 2 aromatic heterocycles. The molecule has 1 saturated heterocycles. The maximum absolute atomic E-state index is 14.7. The van der Waals surface area contributed by atoms with Crippen LogP contribution >= 0.6 is 15.9 Å². The van der Waals surface area contributed by atoms with E-state index in [4.69, 9.17) is 4.74 Å². The topological polar surface area (TPSA) is 46.8 Å². The van der Waals surface area contributed by atoms with Crippen molar-refractivity contribution in [3.63, 3.8) is 0 Å². The predicted octanol–water partition coefficient (Wildman–Crippen LogP) is 3.75. The molecule has 146 valence electrons. The first-order chi connectivity index (χ1) is 13.5. The third kappa shape index (κ3) is 3.54. The Labute approximate surface area is 169 Å². The van der Waals surface area contributed by atoms with E-state index in [1.54, 1.807) is 4.90 Å². The molecule has 0 bridgehead atoms. The maximum atomic E-state index is 14.7. The van der Waals surface area contributed by atoms with Crippen molar-refractivity contribution in [3.05, 3.63) is 57.8 Å². The molecule has 0 spiro atoms. The second kappa shape index (κ2) is 7.60. The minimum Gasteiger partial charge on any atom is -0.374 e. The average Bonchev–Trinajstić information content (AvgIpc) is 2.98. The molecule has 1 aliphatic heterocycles. The Bertz CT molecular complexity index is 1030. The van der Waals surface area contributed by atoms with Crippen LogP contribution in [0.25, 0.3) is 16.9 Å². The number of benzene rings is 1. The molecular formula is C20H18BrF2N3O2. The molecule has 1 amide bonds. The zero-order valence-electron chi connectivity index (χ0n) is 15.2. The number of hydrogen-bond acceptors (Lipinski definition) is 3. The van der Waals surface area contributed by atoms with Crippen LogP contribution in [0.3, 0.4) is 0 Å². The van der Waals surface area contributed by atoms with Gasteiger partial charge in [-0.1, -0.05) is 15.9 Å². The number of aromatic nitrogens is 2. The first kappa shape index (κ1) is 19.0. The van der Waals surface area contributed by atoms with Gasteiger partial charge in [-0.2, -0.15) is 0 Å². The van der Waals surface area contributed by atoms with E-state index in [0.29, 0.717) is 41.9 Å². The molecule has 8 heteroatoms. The van der Waals surface area contributed by atoms with Gasteiger partial charge < -0.3 is 14.0 Å². The Morgan fingerprint density at radius 3 is 2.79 bits per heavy atom. The van der Waals surface area contributed by atoms with Gasteiger partial charge >= 0.3 is 0 Å². The molecule has 4 rings (SSSR count). The van der Waals surface area contributed by atoms with E-state index >= 15 is 0 Å².